The molecule has 0 bridgehead atoms. The second kappa shape index (κ2) is 12.3. The van der Waals surface area contributed by atoms with Gasteiger partial charge < -0.3 is 19.4 Å². The number of pyridine rings is 1. The molecule has 3 aliphatic carbocycles. The van der Waals surface area contributed by atoms with E-state index in [0.29, 0.717) is 48.7 Å². The molecule has 2 aromatic heterocycles. The Hall–Kier alpha value is -3.40. The van der Waals surface area contributed by atoms with E-state index < -0.39 is 11.7 Å². The maximum atomic E-state index is 13.9. The highest BCUT2D eigenvalue weighted by Crippen LogP contribution is 2.42. The highest BCUT2D eigenvalue weighted by molar-refractivity contribution is 5.55. The molecule has 3 aromatic rings. The topological polar surface area (TPSA) is 57.6 Å². The lowest BCUT2D eigenvalue weighted by molar-refractivity contribution is -0.137. The Morgan fingerprint density at radius 2 is 1.59 bits per heavy atom. The Labute approximate surface area is 270 Å². The summed E-state index contributed by atoms with van der Waals surface area (Å²) in [7, 11) is 0. The fourth-order valence-electron chi connectivity index (χ4n) is 7.00. The van der Waals surface area contributed by atoms with Crippen molar-refractivity contribution in [1.29, 1.82) is 0 Å². The zero-order valence-corrected chi connectivity index (χ0v) is 27.2. The molecule has 3 heterocycles. The van der Waals surface area contributed by atoms with Crippen molar-refractivity contribution in [2.45, 2.75) is 84.0 Å². The normalized spacial score (nSPS) is 19.3. The molecule has 7 nitrogen and oxygen atoms in total. The van der Waals surface area contributed by atoms with Gasteiger partial charge in [-0.05, 0) is 86.6 Å². The number of ether oxygens (including phenoxy) is 1. The van der Waals surface area contributed by atoms with Crippen LogP contribution in [-0.4, -0.2) is 54.3 Å². The average Bonchev–Trinajstić information content (AvgIpc) is 3.97. The van der Waals surface area contributed by atoms with Crippen molar-refractivity contribution in [2.24, 2.45) is 11.8 Å². The summed E-state index contributed by atoms with van der Waals surface area (Å²) in [6, 6.07) is 6.63. The molecule has 4 aliphatic rings. The van der Waals surface area contributed by atoms with Gasteiger partial charge in [-0.1, -0.05) is 25.5 Å². The highest BCUT2D eigenvalue weighted by Gasteiger charge is 2.36. The Balaban J connectivity index is 1.27. The predicted molar refractivity (Wildman–Crippen MR) is 174 cm³/mol. The number of fused-ring (bicyclic) bond motifs is 1. The summed E-state index contributed by atoms with van der Waals surface area (Å²) in [5, 5.41) is 0. The maximum absolute atomic E-state index is 13.9. The lowest BCUT2D eigenvalue weighted by Gasteiger charge is -2.31. The summed E-state index contributed by atoms with van der Waals surface area (Å²) in [4.78, 5) is 21.8. The zero-order valence-electron chi connectivity index (χ0n) is 27.2. The number of alkyl halides is 3. The molecule has 0 N–H and O–H groups in total. The van der Waals surface area contributed by atoms with Gasteiger partial charge in [0.05, 0.1) is 42.6 Å². The van der Waals surface area contributed by atoms with Crippen molar-refractivity contribution < 1.29 is 17.9 Å². The van der Waals surface area contributed by atoms with Crippen LogP contribution in [0.1, 0.15) is 79.5 Å². The summed E-state index contributed by atoms with van der Waals surface area (Å²) < 4.78 is 47.1. The minimum absolute atomic E-state index is 0.0150. The van der Waals surface area contributed by atoms with Gasteiger partial charge in [0.25, 0.3) is 0 Å². The molecule has 1 aliphatic heterocycles. The second-order valence-corrected chi connectivity index (χ2v) is 14.6. The van der Waals surface area contributed by atoms with Crippen LogP contribution in [0.3, 0.4) is 0 Å². The number of nitrogens with zero attached hydrogens (tertiary/aromatic N) is 6. The van der Waals surface area contributed by atoms with Crippen LogP contribution in [0.4, 0.5) is 30.6 Å². The van der Waals surface area contributed by atoms with Crippen LogP contribution in [-0.2, 0) is 35.8 Å². The van der Waals surface area contributed by atoms with Gasteiger partial charge in [0.15, 0.2) is 0 Å². The van der Waals surface area contributed by atoms with E-state index >= 15 is 0 Å². The van der Waals surface area contributed by atoms with Crippen LogP contribution in [0.25, 0.3) is 0 Å². The number of rotatable bonds is 11. The Morgan fingerprint density at radius 1 is 0.913 bits per heavy atom. The number of anilines is 3. The average molecular weight is 635 g/mol. The van der Waals surface area contributed by atoms with E-state index in [2.05, 4.69) is 29.7 Å². The lowest BCUT2D eigenvalue weighted by Crippen LogP contribution is -2.36. The molecule has 0 radical (unpaired) electrons. The molecule has 246 valence electrons. The third-order valence-electron chi connectivity index (χ3n) is 9.95. The zero-order chi connectivity index (χ0) is 32.1. The van der Waals surface area contributed by atoms with Crippen molar-refractivity contribution in [2.75, 3.05) is 54.1 Å². The predicted octanol–water partition coefficient (Wildman–Crippen LogP) is 7.09. The first kappa shape index (κ1) is 31.2. The molecule has 0 amide bonds. The third-order valence-corrected chi connectivity index (χ3v) is 9.95. The van der Waals surface area contributed by atoms with Crippen LogP contribution in [0.2, 0.25) is 0 Å². The standard InChI is InChI=1S/C36H45F3N6O/c1-24-14-27(16-30(15-24)36(37,38)39)22-45(34-40-18-31(19-41-34)43-10-12-46-13-11-43)23-29-17-28-8-9-35(2,3)32(28)42-33(29)44(20-25-4-5-25)21-26-6-7-26/h14-19,25-26H,4-13,20-23H2,1-3H3. The molecule has 0 spiro atoms. The molecule has 46 heavy (non-hydrogen) atoms. The highest BCUT2D eigenvalue weighted by atomic mass is 19.4. The van der Waals surface area contributed by atoms with Crippen molar-refractivity contribution in [3.05, 3.63) is 70.2 Å². The Bertz CT molecular complexity index is 1530. The summed E-state index contributed by atoms with van der Waals surface area (Å²) in [6.07, 6.45) is 6.32. The van der Waals surface area contributed by atoms with Gasteiger partial charge in [-0.2, -0.15) is 13.2 Å². The molecule has 0 unspecified atom stereocenters. The van der Waals surface area contributed by atoms with E-state index in [-0.39, 0.29) is 12.0 Å². The van der Waals surface area contributed by atoms with Crippen LogP contribution in [0, 0.1) is 18.8 Å². The van der Waals surface area contributed by atoms with E-state index in [9.17, 15) is 13.2 Å². The number of hydrogen-bond donors (Lipinski definition) is 0. The summed E-state index contributed by atoms with van der Waals surface area (Å²) >= 11 is 0. The number of halogens is 3. The van der Waals surface area contributed by atoms with Gasteiger partial charge in [-0.3, -0.25) is 0 Å². The molecule has 0 atom stereocenters. The summed E-state index contributed by atoms with van der Waals surface area (Å²) in [6.45, 7) is 11.9. The van der Waals surface area contributed by atoms with Gasteiger partial charge in [-0.15, -0.1) is 0 Å². The van der Waals surface area contributed by atoms with Crippen LogP contribution >= 0.6 is 0 Å². The number of aryl methyl sites for hydroxylation is 2. The monoisotopic (exact) mass is 634 g/mol. The minimum Gasteiger partial charge on any atom is -0.378 e. The fourth-order valence-corrected chi connectivity index (χ4v) is 7.00. The van der Waals surface area contributed by atoms with Crippen LogP contribution in [0.15, 0.2) is 36.7 Å². The molecule has 7 rings (SSSR count). The van der Waals surface area contributed by atoms with Gasteiger partial charge in [-0.25, -0.2) is 15.0 Å². The minimum atomic E-state index is -4.42. The largest absolute Gasteiger partial charge is 0.416 e. The Kier molecular flexibility index (Phi) is 8.36. The number of benzene rings is 1. The van der Waals surface area contributed by atoms with Crippen LogP contribution < -0.4 is 14.7 Å². The van der Waals surface area contributed by atoms with E-state index in [1.807, 2.05) is 23.4 Å². The summed E-state index contributed by atoms with van der Waals surface area (Å²) in [5.74, 6) is 2.93. The first-order valence-electron chi connectivity index (χ1n) is 16.9. The molecular weight excluding hydrogens is 589 g/mol. The first-order chi connectivity index (χ1) is 22.0. The van der Waals surface area contributed by atoms with Crippen molar-refractivity contribution >= 4 is 17.5 Å². The molecule has 1 saturated heterocycles. The number of aromatic nitrogens is 3. The quantitative estimate of drug-likeness (QED) is 0.223. The van der Waals surface area contributed by atoms with Crippen molar-refractivity contribution in [3.8, 4) is 0 Å². The van der Waals surface area contributed by atoms with Crippen molar-refractivity contribution in [3.63, 3.8) is 0 Å². The fraction of sp³-hybridized carbons (Fsp3) is 0.583. The van der Waals surface area contributed by atoms with E-state index in [4.69, 9.17) is 19.7 Å². The maximum Gasteiger partial charge on any atom is 0.416 e. The smallest absolute Gasteiger partial charge is 0.378 e. The Morgan fingerprint density at radius 3 is 2.22 bits per heavy atom. The van der Waals surface area contributed by atoms with Gasteiger partial charge in [0.1, 0.15) is 5.82 Å². The second-order valence-electron chi connectivity index (χ2n) is 14.6. The van der Waals surface area contributed by atoms with Crippen molar-refractivity contribution in [1.82, 2.24) is 15.0 Å². The number of morpholine rings is 1. The van der Waals surface area contributed by atoms with E-state index in [0.717, 1.165) is 56.1 Å². The lowest BCUT2D eigenvalue weighted by atomic mass is 9.90. The van der Waals surface area contributed by atoms with Gasteiger partial charge in [0, 0.05) is 50.2 Å². The molecular formula is C36H45F3N6O. The van der Waals surface area contributed by atoms with Gasteiger partial charge in [0.2, 0.25) is 5.95 Å². The summed E-state index contributed by atoms with van der Waals surface area (Å²) in [5.41, 5.74) is 5.03. The van der Waals surface area contributed by atoms with Crippen LogP contribution in [0.5, 0.6) is 0 Å². The van der Waals surface area contributed by atoms with E-state index in [1.165, 1.54) is 49.1 Å². The van der Waals surface area contributed by atoms with E-state index in [1.54, 1.807) is 6.92 Å². The SMILES string of the molecule is Cc1cc(CN(Cc2cc3c(nc2N(CC2CC2)CC2CC2)C(C)(C)CC3)c2ncc(N3CCOCC3)cn2)cc(C(F)(F)F)c1. The molecule has 10 heteroatoms. The number of hydrogen-bond acceptors (Lipinski definition) is 7. The van der Waals surface area contributed by atoms with Gasteiger partial charge >= 0.3 is 6.18 Å². The molecule has 1 aromatic carbocycles. The first-order valence-corrected chi connectivity index (χ1v) is 16.9. The third kappa shape index (κ3) is 7.11. The molecule has 3 fully saturated rings. The molecule has 2 saturated carbocycles.